The van der Waals surface area contributed by atoms with Gasteiger partial charge in [-0.25, -0.2) is 8.78 Å². The van der Waals surface area contributed by atoms with Crippen LogP contribution in [0.15, 0.2) is 12.1 Å². The Hall–Kier alpha value is -1.21. The average molecular weight is 307 g/mol. The van der Waals surface area contributed by atoms with Crippen LogP contribution < -0.4 is 5.19 Å². The van der Waals surface area contributed by atoms with Crippen LogP contribution in [0, 0.1) is 28.9 Å². The van der Waals surface area contributed by atoms with Gasteiger partial charge in [-0.2, -0.15) is 5.26 Å². The predicted molar refractivity (Wildman–Crippen MR) is 84.3 cm³/mol. The summed E-state index contributed by atoms with van der Waals surface area (Å²) in [5.41, 5.74) is 0.177. The molecule has 0 N–H and O–H groups in total. The first-order valence-corrected chi connectivity index (χ1v) is 10.4. The van der Waals surface area contributed by atoms with Gasteiger partial charge in [-0.1, -0.05) is 57.2 Å². The SMILES string of the molecule is CCCC1CCC([SiH](C)c2cc(F)c(C#N)c(F)c2)CC1. The van der Waals surface area contributed by atoms with Gasteiger partial charge < -0.3 is 0 Å². The molecule has 1 aliphatic carbocycles. The zero-order chi connectivity index (χ0) is 15.4. The molecule has 0 bridgehead atoms. The van der Waals surface area contributed by atoms with Crippen molar-refractivity contribution in [1.82, 2.24) is 0 Å². The van der Waals surface area contributed by atoms with Crippen LogP contribution in [0.3, 0.4) is 0 Å². The fraction of sp³-hybridized carbons (Fsp3) is 0.588. The molecular weight excluding hydrogens is 284 g/mol. The van der Waals surface area contributed by atoms with Crippen molar-refractivity contribution in [3.05, 3.63) is 29.3 Å². The first-order valence-electron chi connectivity index (χ1n) is 7.95. The Morgan fingerprint density at radius 1 is 1.19 bits per heavy atom. The maximum atomic E-state index is 13.8. The minimum absolute atomic E-state index is 0.452. The number of nitriles is 1. The summed E-state index contributed by atoms with van der Waals surface area (Å²) in [6.45, 7) is 4.41. The summed E-state index contributed by atoms with van der Waals surface area (Å²) in [6, 6.07) is 4.39. The summed E-state index contributed by atoms with van der Waals surface area (Å²) >= 11 is 0. The molecule has 114 valence electrons. The molecule has 1 aromatic carbocycles. The van der Waals surface area contributed by atoms with Crippen LogP contribution in [0.2, 0.25) is 12.1 Å². The third-order valence-corrected chi connectivity index (χ3v) is 8.46. The second-order valence-electron chi connectivity index (χ2n) is 6.33. The number of hydrogen-bond acceptors (Lipinski definition) is 1. The molecule has 0 radical (unpaired) electrons. The lowest BCUT2D eigenvalue weighted by Crippen LogP contribution is -2.35. The van der Waals surface area contributed by atoms with Crippen LogP contribution in [-0.2, 0) is 0 Å². The first-order chi connectivity index (χ1) is 10.1. The Bertz CT molecular complexity index is 507. The zero-order valence-corrected chi connectivity index (χ0v) is 14.0. The lowest BCUT2D eigenvalue weighted by Gasteiger charge is -2.31. The summed E-state index contributed by atoms with van der Waals surface area (Å²) in [5, 5.41) is 9.56. The molecule has 1 unspecified atom stereocenters. The van der Waals surface area contributed by atoms with Crippen molar-refractivity contribution in [2.45, 2.75) is 57.5 Å². The van der Waals surface area contributed by atoms with Crippen LogP contribution >= 0.6 is 0 Å². The Morgan fingerprint density at radius 2 is 1.76 bits per heavy atom. The van der Waals surface area contributed by atoms with Gasteiger partial charge in [0.2, 0.25) is 0 Å². The van der Waals surface area contributed by atoms with E-state index in [1.165, 1.54) is 50.7 Å². The highest BCUT2D eigenvalue weighted by atomic mass is 28.3. The van der Waals surface area contributed by atoms with Gasteiger partial charge in [-0.15, -0.1) is 0 Å². The normalized spacial score (nSPS) is 23.6. The second kappa shape index (κ2) is 7.17. The van der Waals surface area contributed by atoms with Crippen molar-refractivity contribution in [2.75, 3.05) is 0 Å². The largest absolute Gasteiger partial charge is 0.205 e. The van der Waals surface area contributed by atoms with Crippen molar-refractivity contribution >= 4 is 14.0 Å². The minimum atomic E-state index is -1.37. The molecule has 0 saturated heterocycles. The Labute approximate surface area is 127 Å². The van der Waals surface area contributed by atoms with Gasteiger partial charge in [0.25, 0.3) is 0 Å². The van der Waals surface area contributed by atoms with Crippen LogP contribution in [0.25, 0.3) is 0 Å². The molecule has 1 fully saturated rings. The number of rotatable bonds is 4. The Morgan fingerprint density at radius 3 is 2.24 bits per heavy atom. The van der Waals surface area contributed by atoms with Crippen LogP contribution in [-0.4, -0.2) is 8.80 Å². The van der Waals surface area contributed by atoms with Crippen molar-refractivity contribution < 1.29 is 8.78 Å². The number of benzene rings is 1. The summed E-state index contributed by atoms with van der Waals surface area (Å²) in [4.78, 5) is 0. The third-order valence-electron chi connectivity index (χ3n) is 5.00. The predicted octanol–water partition coefficient (Wildman–Crippen LogP) is 4.26. The lowest BCUT2D eigenvalue weighted by atomic mass is 9.86. The minimum Gasteiger partial charge on any atom is -0.205 e. The molecule has 0 spiro atoms. The summed E-state index contributed by atoms with van der Waals surface area (Å²) < 4.78 is 27.5. The highest BCUT2D eigenvalue weighted by Crippen LogP contribution is 2.36. The van der Waals surface area contributed by atoms with Crippen molar-refractivity contribution in [3.63, 3.8) is 0 Å². The smallest absolute Gasteiger partial charge is 0.143 e. The molecule has 1 atom stereocenters. The van der Waals surface area contributed by atoms with Gasteiger partial charge in [0.15, 0.2) is 0 Å². The highest BCUT2D eigenvalue weighted by molar-refractivity contribution is 6.73. The Balaban J connectivity index is 2.08. The molecular formula is C17H23F2NSi. The standard InChI is InChI=1S/C17H23F2NSi/c1-3-4-12-5-7-13(8-6-12)21(2)14-9-16(18)15(11-20)17(19)10-14/h9-10,12-13,21H,3-8H2,1-2H3. The van der Waals surface area contributed by atoms with Gasteiger partial charge in [-0.05, 0) is 23.6 Å². The molecule has 1 nitrogen and oxygen atoms in total. The van der Waals surface area contributed by atoms with E-state index in [2.05, 4.69) is 13.5 Å². The van der Waals surface area contributed by atoms with Crippen LogP contribution in [0.4, 0.5) is 8.78 Å². The Kier molecular flexibility index (Phi) is 5.52. The van der Waals surface area contributed by atoms with Gasteiger partial charge in [-0.3, -0.25) is 0 Å². The maximum Gasteiger partial charge on any atom is 0.143 e. The number of hydrogen-bond donors (Lipinski definition) is 0. The molecule has 1 aromatic rings. The summed E-state index contributed by atoms with van der Waals surface area (Å²) in [5.74, 6) is -0.556. The third kappa shape index (κ3) is 3.71. The van der Waals surface area contributed by atoms with Crippen molar-refractivity contribution in [2.24, 2.45) is 5.92 Å². The second-order valence-corrected chi connectivity index (χ2v) is 9.52. The van der Waals surface area contributed by atoms with E-state index >= 15 is 0 Å². The molecule has 1 saturated carbocycles. The van der Waals surface area contributed by atoms with Gasteiger partial charge in [0.1, 0.15) is 23.3 Å². The maximum absolute atomic E-state index is 13.8. The van der Waals surface area contributed by atoms with E-state index in [-0.39, 0.29) is 0 Å². The van der Waals surface area contributed by atoms with Crippen LogP contribution in [0.5, 0.6) is 0 Å². The summed E-state index contributed by atoms with van der Waals surface area (Å²) in [7, 11) is -1.37. The van der Waals surface area contributed by atoms with E-state index < -0.39 is 26.0 Å². The van der Waals surface area contributed by atoms with E-state index in [0.717, 1.165) is 11.1 Å². The quantitative estimate of drug-likeness (QED) is 0.762. The molecule has 4 heteroatoms. The lowest BCUT2D eigenvalue weighted by molar-refractivity contribution is 0.334. The van der Waals surface area contributed by atoms with E-state index in [1.807, 2.05) is 0 Å². The molecule has 21 heavy (non-hydrogen) atoms. The first kappa shape index (κ1) is 16.2. The van der Waals surface area contributed by atoms with Crippen molar-refractivity contribution in [1.29, 1.82) is 5.26 Å². The van der Waals surface area contributed by atoms with Gasteiger partial charge >= 0.3 is 0 Å². The van der Waals surface area contributed by atoms with Gasteiger partial charge in [0.05, 0.1) is 8.80 Å². The van der Waals surface area contributed by atoms with Gasteiger partial charge in [0, 0.05) is 0 Å². The molecule has 1 aliphatic rings. The molecule has 0 aliphatic heterocycles. The van der Waals surface area contributed by atoms with E-state index in [1.54, 1.807) is 6.07 Å². The van der Waals surface area contributed by atoms with E-state index in [0.29, 0.717) is 5.54 Å². The fourth-order valence-electron chi connectivity index (χ4n) is 3.62. The monoisotopic (exact) mass is 307 g/mol. The highest BCUT2D eigenvalue weighted by Gasteiger charge is 2.27. The fourth-order valence-corrected chi connectivity index (χ4v) is 6.37. The van der Waals surface area contributed by atoms with E-state index in [9.17, 15) is 8.78 Å². The molecule has 0 aromatic heterocycles. The summed E-state index contributed by atoms with van der Waals surface area (Å²) in [6.07, 6.45) is 7.47. The van der Waals surface area contributed by atoms with Crippen LogP contribution in [0.1, 0.15) is 51.0 Å². The molecule has 2 rings (SSSR count). The van der Waals surface area contributed by atoms with E-state index in [4.69, 9.17) is 5.26 Å². The average Bonchev–Trinajstić information content (AvgIpc) is 2.47. The topological polar surface area (TPSA) is 23.8 Å². The van der Waals surface area contributed by atoms with Crippen molar-refractivity contribution in [3.8, 4) is 6.07 Å². The number of nitrogens with zero attached hydrogens (tertiary/aromatic N) is 1. The zero-order valence-electron chi connectivity index (χ0n) is 12.8. The number of halogens is 2. The molecule has 0 amide bonds. The molecule has 0 heterocycles.